The van der Waals surface area contributed by atoms with Gasteiger partial charge in [0.15, 0.2) is 0 Å². The van der Waals surface area contributed by atoms with E-state index >= 15 is 0 Å². The highest BCUT2D eigenvalue weighted by Crippen LogP contribution is 2.32. The van der Waals surface area contributed by atoms with Crippen LogP contribution in [0.2, 0.25) is 0 Å². The third-order valence-corrected chi connectivity index (χ3v) is 5.51. The largest absolute Gasteiger partial charge is 0.0955 e. The van der Waals surface area contributed by atoms with Crippen LogP contribution in [0, 0.1) is 0 Å². The molecule has 0 aliphatic heterocycles. The molecule has 0 radical (unpaired) electrons. The van der Waals surface area contributed by atoms with Crippen LogP contribution in [0.15, 0.2) is 84.0 Å². The molecule has 0 amide bonds. The Balaban J connectivity index is 1.45. The third kappa shape index (κ3) is 3.65. The minimum atomic E-state index is 0.974. The normalized spacial score (nSPS) is 15.7. The average molecular weight is 338 g/mol. The molecule has 2 aliphatic carbocycles. The first-order chi connectivity index (χ1) is 12.7. The van der Waals surface area contributed by atoms with Gasteiger partial charge < -0.3 is 0 Å². The van der Waals surface area contributed by atoms with Crippen LogP contribution < -0.4 is 0 Å². The van der Waals surface area contributed by atoms with Crippen LogP contribution in [0.4, 0.5) is 0 Å². The molecule has 0 aromatic heterocycles. The van der Waals surface area contributed by atoms with Crippen molar-refractivity contribution in [2.75, 3.05) is 0 Å². The Kier molecular flexibility index (Phi) is 4.75. The van der Waals surface area contributed by atoms with Gasteiger partial charge in [0.05, 0.1) is 0 Å². The molecule has 2 aliphatic rings. The highest BCUT2D eigenvalue weighted by molar-refractivity contribution is 5.71. The van der Waals surface area contributed by atoms with Gasteiger partial charge in [0.25, 0.3) is 0 Å². The van der Waals surface area contributed by atoms with E-state index in [-0.39, 0.29) is 0 Å². The van der Waals surface area contributed by atoms with E-state index < -0.39 is 0 Å². The summed E-state index contributed by atoms with van der Waals surface area (Å²) in [6.07, 6.45) is 14.4. The number of benzene rings is 2. The molecule has 130 valence electrons. The number of allylic oxidation sites excluding steroid dienone is 6. The topological polar surface area (TPSA) is 0 Å². The van der Waals surface area contributed by atoms with Crippen LogP contribution in [0.25, 0.3) is 6.08 Å². The Morgan fingerprint density at radius 3 is 2.35 bits per heavy atom. The molecule has 0 atom stereocenters. The maximum Gasteiger partial charge on any atom is -0.00138 e. The van der Waals surface area contributed by atoms with E-state index in [0.29, 0.717) is 0 Å². The summed E-state index contributed by atoms with van der Waals surface area (Å²) >= 11 is 0. The molecule has 0 heterocycles. The van der Waals surface area contributed by atoms with Crippen molar-refractivity contribution in [3.63, 3.8) is 0 Å². The molecule has 4 rings (SSSR count). The van der Waals surface area contributed by atoms with Crippen molar-refractivity contribution in [2.24, 2.45) is 0 Å². The molecule has 2 aromatic carbocycles. The van der Waals surface area contributed by atoms with Gasteiger partial charge in [-0.05, 0) is 71.1 Å². The summed E-state index contributed by atoms with van der Waals surface area (Å²) in [5.41, 5.74) is 11.1. The lowest BCUT2D eigenvalue weighted by Crippen LogP contribution is -1.94. The summed E-state index contributed by atoms with van der Waals surface area (Å²) in [4.78, 5) is 0. The third-order valence-electron chi connectivity index (χ3n) is 5.51. The number of hydrogen-bond acceptors (Lipinski definition) is 0. The molecule has 0 fully saturated rings. The number of hydrogen-bond donors (Lipinski definition) is 0. The molecule has 0 spiro atoms. The van der Waals surface area contributed by atoms with Crippen molar-refractivity contribution in [3.8, 4) is 0 Å². The zero-order valence-electron chi connectivity index (χ0n) is 15.6. The number of aryl methyl sites for hydroxylation is 3. The lowest BCUT2D eigenvalue weighted by molar-refractivity contribution is 0.955. The maximum absolute atomic E-state index is 4.03. The monoisotopic (exact) mass is 338 g/mol. The SMILES string of the molecule is C=C1C=CC(C2=Cc3cc(CCc4ccc(CC)cc4)ccc3C2)=CC1. The molecule has 0 bridgehead atoms. The maximum atomic E-state index is 4.03. The van der Waals surface area contributed by atoms with Gasteiger partial charge >= 0.3 is 0 Å². The fourth-order valence-electron chi connectivity index (χ4n) is 3.78. The van der Waals surface area contributed by atoms with Gasteiger partial charge in [0.2, 0.25) is 0 Å². The second-order valence-electron chi connectivity index (χ2n) is 7.40. The summed E-state index contributed by atoms with van der Waals surface area (Å²) < 4.78 is 0. The van der Waals surface area contributed by atoms with Crippen LogP contribution in [0.3, 0.4) is 0 Å². The van der Waals surface area contributed by atoms with Gasteiger partial charge in [-0.3, -0.25) is 0 Å². The second kappa shape index (κ2) is 7.33. The molecular formula is C26H26. The molecule has 0 nitrogen and oxygen atoms in total. The van der Waals surface area contributed by atoms with Crippen molar-refractivity contribution < 1.29 is 0 Å². The van der Waals surface area contributed by atoms with Crippen molar-refractivity contribution in [1.29, 1.82) is 0 Å². The molecular weight excluding hydrogens is 312 g/mol. The summed E-state index contributed by atoms with van der Waals surface area (Å²) in [6.45, 7) is 6.24. The predicted molar refractivity (Wildman–Crippen MR) is 112 cm³/mol. The Morgan fingerprint density at radius 2 is 1.62 bits per heavy atom. The van der Waals surface area contributed by atoms with E-state index in [1.807, 2.05) is 0 Å². The van der Waals surface area contributed by atoms with Crippen molar-refractivity contribution in [3.05, 3.63) is 112 Å². The molecule has 0 N–H and O–H groups in total. The molecule has 26 heavy (non-hydrogen) atoms. The summed E-state index contributed by atoms with van der Waals surface area (Å²) in [5, 5.41) is 0. The minimum Gasteiger partial charge on any atom is -0.0955 e. The minimum absolute atomic E-state index is 0.974. The molecule has 2 aromatic rings. The first kappa shape index (κ1) is 16.8. The molecule has 0 saturated heterocycles. The van der Waals surface area contributed by atoms with Gasteiger partial charge in [-0.15, -0.1) is 0 Å². The quantitative estimate of drug-likeness (QED) is 0.590. The fourth-order valence-corrected chi connectivity index (χ4v) is 3.78. The molecule has 0 heteroatoms. The summed E-state index contributed by atoms with van der Waals surface area (Å²) in [5.74, 6) is 0. The summed E-state index contributed by atoms with van der Waals surface area (Å²) in [7, 11) is 0. The van der Waals surface area contributed by atoms with Crippen molar-refractivity contribution in [2.45, 2.75) is 39.0 Å². The standard InChI is InChI=1S/C26H26/c1-3-20-6-8-21(9-7-20)10-11-22-12-15-24-17-26(18-25(24)16-22)23-13-4-19(2)5-14-23/h4,6-9,12-16,18H,2-3,5,10-11,17H2,1H3. The highest BCUT2D eigenvalue weighted by atomic mass is 14.2. The zero-order valence-corrected chi connectivity index (χ0v) is 15.6. The van der Waals surface area contributed by atoms with Crippen LogP contribution in [-0.4, -0.2) is 0 Å². The Bertz CT molecular complexity index is 917. The molecule has 0 saturated carbocycles. The van der Waals surface area contributed by atoms with Gasteiger partial charge in [-0.1, -0.05) is 85.8 Å². The molecule has 0 unspecified atom stereocenters. The highest BCUT2D eigenvalue weighted by Gasteiger charge is 2.16. The lowest BCUT2D eigenvalue weighted by atomic mass is 9.96. The lowest BCUT2D eigenvalue weighted by Gasteiger charge is -2.09. The Morgan fingerprint density at radius 1 is 0.885 bits per heavy atom. The van der Waals surface area contributed by atoms with Gasteiger partial charge in [0, 0.05) is 0 Å². The second-order valence-corrected chi connectivity index (χ2v) is 7.40. The number of fused-ring (bicyclic) bond motifs is 1. The predicted octanol–water partition coefficient (Wildman–Crippen LogP) is 6.42. The van der Waals surface area contributed by atoms with Crippen LogP contribution >= 0.6 is 0 Å². The van der Waals surface area contributed by atoms with E-state index in [1.54, 1.807) is 0 Å². The first-order valence-electron chi connectivity index (χ1n) is 9.68. The van der Waals surface area contributed by atoms with E-state index in [9.17, 15) is 0 Å². The smallest absolute Gasteiger partial charge is 0.00138 e. The Hall–Kier alpha value is -2.60. The van der Waals surface area contributed by atoms with Crippen LogP contribution in [0.5, 0.6) is 0 Å². The number of rotatable bonds is 5. The van der Waals surface area contributed by atoms with Crippen LogP contribution in [0.1, 0.15) is 41.2 Å². The summed E-state index contributed by atoms with van der Waals surface area (Å²) in [6, 6.07) is 16.1. The fraction of sp³-hybridized carbons (Fsp3) is 0.231. The van der Waals surface area contributed by atoms with Crippen molar-refractivity contribution >= 4 is 6.08 Å². The van der Waals surface area contributed by atoms with Gasteiger partial charge in [0.1, 0.15) is 0 Å². The van der Waals surface area contributed by atoms with E-state index in [4.69, 9.17) is 0 Å². The van der Waals surface area contributed by atoms with Gasteiger partial charge in [-0.2, -0.15) is 0 Å². The van der Waals surface area contributed by atoms with E-state index in [1.165, 1.54) is 44.5 Å². The average Bonchev–Trinajstić information content (AvgIpc) is 3.10. The first-order valence-corrected chi connectivity index (χ1v) is 9.68. The van der Waals surface area contributed by atoms with Crippen molar-refractivity contribution in [1.82, 2.24) is 0 Å². The zero-order chi connectivity index (χ0) is 17.9. The van der Waals surface area contributed by atoms with E-state index in [2.05, 4.69) is 80.3 Å². The Labute approximate surface area is 157 Å². The van der Waals surface area contributed by atoms with Gasteiger partial charge in [-0.25, -0.2) is 0 Å². The van der Waals surface area contributed by atoms with Crippen LogP contribution in [-0.2, 0) is 25.7 Å². The van der Waals surface area contributed by atoms with E-state index in [0.717, 1.165) is 32.1 Å².